The van der Waals surface area contributed by atoms with Gasteiger partial charge in [0.1, 0.15) is 0 Å². The molecule has 100 valence electrons. The molecule has 1 saturated heterocycles. The molecule has 18 heavy (non-hydrogen) atoms. The van der Waals surface area contributed by atoms with Gasteiger partial charge in [-0.1, -0.05) is 6.92 Å². The first-order valence-corrected chi connectivity index (χ1v) is 7.28. The molecule has 1 aliphatic rings. The summed E-state index contributed by atoms with van der Waals surface area (Å²) in [5.41, 5.74) is 2.07. The molecular formula is C13H20BrN3O. The number of hydrogen-bond acceptors (Lipinski definition) is 2. The van der Waals surface area contributed by atoms with E-state index in [2.05, 4.69) is 21.0 Å². The van der Waals surface area contributed by atoms with E-state index in [1.54, 1.807) is 0 Å². The van der Waals surface area contributed by atoms with Crippen molar-refractivity contribution in [3.05, 3.63) is 15.9 Å². The van der Waals surface area contributed by atoms with Crippen molar-refractivity contribution < 1.29 is 4.79 Å². The van der Waals surface area contributed by atoms with E-state index in [0.29, 0.717) is 6.54 Å². The number of hydrogen-bond donors (Lipinski definition) is 0. The summed E-state index contributed by atoms with van der Waals surface area (Å²) in [5, 5.41) is 4.46. The van der Waals surface area contributed by atoms with E-state index in [9.17, 15) is 4.79 Å². The molecule has 1 aliphatic heterocycles. The number of amides is 1. The van der Waals surface area contributed by atoms with Crippen molar-refractivity contribution >= 4 is 21.8 Å². The number of nitrogens with zero attached hydrogens (tertiary/aromatic N) is 3. The molecule has 5 heteroatoms. The van der Waals surface area contributed by atoms with Crippen molar-refractivity contribution in [2.45, 2.75) is 40.2 Å². The van der Waals surface area contributed by atoms with Gasteiger partial charge in [-0.15, -0.1) is 0 Å². The van der Waals surface area contributed by atoms with Gasteiger partial charge in [0.25, 0.3) is 0 Å². The van der Waals surface area contributed by atoms with Crippen LogP contribution in [-0.4, -0.2) is 33.7 Å². The topological polar surface area (TPSA) is 38.1 Å². The lowest BCUT2D eigenvalue weighted by molar-refractivity contribution is -0.134. The molecule has 2 heterocycles. The molecular weight excluding hydrogens is 294 g/mol. The molecule has 1 atom stereocenters. The van der Waals surface area contributed by atoms with Gasteiger partial charge in [0.05, 0.1) is 22.6 Å². The molecule has 0 bridgehead atoms. The number of carbonyl (C=O) groups is 1. The van der Waals surface area contributed by atoms with Crippen LogP contribution in [0.25, 0.3) is 0 Å². The van der Waals surface area contributed by atoms with Crippen molar-refractivity contribution in [3.63, 3.8) is 0 Å². The predicted molar refractivity (Wildman–Crippen MR) is 74.4 cm³/mol. The minimum Gasteiger partial charge on any atom is -0.342 e. The van der Waals surface area contributed by atoms with Gasteiger partial charge in [-0.25, -0.2) is 0 Å². The maximum atomic E-state index is 12.2. The average Bonchev–Trinajstić information content (AvgIpc) is 2.94. The Bertz CT molecular complexity index is 449. The van der Waals surface area contributed by atoms with Crippen LogP contribution in [0.4, 0.5) is 0 Å². The first kappa shape index (κ1) is 13.6. The van der Waals surface area contributed by atoms with Crippen LogP contribution in [0.5, 0.6) is 0 Å². The normalized spacial score (nSPS) is 17.2. The van der Waals surface area contributed by atoms with E-state index in [-0.39, 0.29) is 11.8 Å². The van der Waals surface area contributed by atoms with E-state index in [4.69, 9.17) is 0 Å². The highest BCUT2D eigenvalue weighted by Gasteiger charge is 2.24. The van der Waals surface area contributed by atoms with Crippen molar-refractivity contribution in [1.29, 1.82) is 0 Å². The van der Waals surface area contributed by atoms with E-state index in [1.807, 2.05) is 30.4 Å². The summed E-state index contributed by atoms with van der Waals surface area (Å²) in [4.78, 5) is 14.2. The Morgan fingerprint density at radius 1 is 1.39 bits per heavy atom. The second kappa shape index (κ2) is 5.43. The van der Waals surface area contributed by atoms with Gasteiger partial charge in [0.15, 0.2) is 0 Å². The van der Waals surface area contributed by atoms with Gasteiger partial charge in [0.2, 0.25) is 5.91 Å². The van der Waals surface area contributed by atoms with Crippen LogP contribution in [0.2, 0.25) is 0 Å². The summed E-state index contributed by atoms with van der Waals surface area (Å²) < 4.78 is 2.97. The summed E-state index contributed by atoms with van der Waals surface area (Å²) in [6.45, 7) is 8.49. The molecule has 1 amide bonds. The molecule has 0 spiro atoms. The fraction of sp³-hybridized carbons (Fsp3) is 0.692. The van der Waals surface area contributed by atoms with Crippen molar-refractivity contribution in [2.75, 3.05) is 13.1 Å². The molecule has 0 radical (unpaired) electrons. The largest absolute Gasteiger partial charge is 0.342 e. The molecule has 1 fully saturated rings. The third kappa shape index (κ3) is 2.60. The Balaban J connectivity index is 2.04. The van der Waals surface area contributed by atoms with E-state index in [1.165, 1.54) is 0 Å². The van der Waals surface area contributed by atoms with Crippen molar-refractivity contribution in [1.82, 2.24) is 14.7 Å². The molecule has 4 nitrogen and oxygen atoms in total. The van der Waals surface area contributed by atoms with Crippen LogP contribution in [0.3, 0.4) is 0 Å². The summed E-state index contributed by atoms with van der Waals surface area (Å²) in [5.74, 6) is 0.254. The van der Waals surface area contributed by atoms with Crippen LogP contribution < -0.4 is 0 Å². The third-order valence-electron chi connectivity index (χ3n) is 3.58. The Kier molecular flexibility index (Phi) is 4.10. The molecule has 2 rings (SSSR count). The quantitative estimate of drug-likeness (QED) is 0.860. The maximum absolute atomic E-state index is 12.2. The van der Waals surface area contributed by atoms with Gasteiger partial charge < -0.3 is 4.90 Å². The van der Waals surface area contributed by atoms with Gasteiger partial charge in [0, 0.05) is 18.8 Å². The number of aryl methyl sites for hydroxylation is 1. The highest BCUT2D eigenvalue weighted by molar-refractivity contribution is 9.10. The number of likely N-dealkylation sites (tertiary alicyclic amines) is 1. The first-order chi connectivity index (χ1) is 8.50. The Morgan fingerprint density at radius 2 is 2.00 bits per heavy atom. The van der Waals surface area contributed by atoms with Crippen LogP contribution in [0.1, 0.15) is 31.2 Å². The smallest absolute Gasteiger partial charge is 0.227 e. The lowest BCUT2D eigenvalue weighted by Crippen LogP contribution is -2.34. The average molecular weight is 314 g/mol. The van der Waals surface area contributed by atoms with Crippen LogP contribution in [-0.2, 0) is 11.3 Å². The maximum Gasteiger partial charge on any atom is 0.227 e. The monoisotopic (exact) mass is 313 g/mol. The van der Waals surface area contributed by atoms with Gasteiger partial charge in [-0.3, -0.25) is 9.48 Å². The second-order valence-electron chi connectivity index (χ2n) is 5.10. The fourth-order valence-corrected chi connectivity index (χ4v) is 2.72. The van der Waals surface area contributed by atoms with E-state index >= 15 is 0 Å². The molecule has 0 aromatic carbocycles. The molecule has 1 aromatic heterocycles. The van der Waals surface area contributed by atoms with E-state index < -0.39 is 0 Å². The number of aromatic nitrogens is 2. The summed E-state index contributed by atoms with van der Waals surface area (Å²) >= 11 is 3.51. The number of carbonyl (C=O) groups excluding carboxylic acids is 1. The summed E-state index contributed by atoms with van der Waals surface area (Å²) in [6.07, 6.45) is 2.29. The standard InChI is InChI=1S/C13H20BrN3O/c1-9(13(18)16-6-4-5-7-16)8-17-11(3)12(14)10(2)15-17/h9H,4-8H2,1-3H3/t9-/m1/s1. The fourth-order valence-electron chi connectivity index (χ4n) is 2.44. The van der Waals surface area contributed by atoms with Crippen molar-refractivity contribution in [2.24, 2.45) is 5.92 Å². The Morgan fingerprint density at radius 3 is 2.50 bits per heavy atom. The minimum absolute atomic E-state index is 0.00648. The molecule has 0 N–H and O–H groups in total. The minimum atomic E-state index is -0.00648. The Labute approximate surface area is 116 Å². The molecule has 0 unspecified atom stereocenters. The third-order valence-corrected chi connectivity index (χ3v) is 4.73. The second-order valence-corrected chi connectivity index (χ2v) is 5.89. The van der Waals surface area contributed by atoms with Crippen LogP contribution in [0.15, 0.2) is 4.47 Å². The van der Waals surface area contributed by atoms with Gasteiger partial charge in [-0.05, 0) is 42.6 Å². The Hall–Kier alpha value is -0.840. The zero-order chi connectivity index (χ0) is 13.3. The first-order valence-electron chi connectivity index (χ1n) is 6.49. The molecule has 0 saturated carbocycles. The number of rotatable bonds is 3. The molecule has 0 aliphatic carbocycles. The van der Waals surface area contributed by atoms with E-state index in [0.717, 1.165) is 41.8 Å². The van der Waals surface area contributed by atoms with Crippen LogP contribution >= 0.6 is 15.9 Å². The zero-order valence-corrected chi connectivity index (χ0v) is 12.8. The molecule has 1 aromatic rings. The highest BCUT2D eigenvalue weighted by atomic mass is 79.9. The lowest BCUT2D eigenvalue weighted by Gasteiger charge is -2.20. The van der Waals surface area contributed by atoms with Crippen LogP contribution in [0, 0.1) is 19.8 Å². The summed E-state index contributed by atoms with van der Waals surface area (Å²) in [6, 6.07) is 0. The number of halogens is 1. The van der Waals surface area contributed by atoms with Gasteiger partial charge in [-0.2, -0.15) is 5.10 Å². The SMILES string of the molecule is Cc1nn(C[C@@H](C)C(=O)N2CCCC2)c(C)c1Br. The zero-order valence-electron chi connectivity index (χ0n) is 11.2. The highest BCUT2D eigenvalue weighted by Crippen LogP contribution is 2.21. The lowest BCUT2D eigenvalue weighted by atomic mass is 10.1. The summed E-state index contributed by atoms with van der Waals surface area (Å²) in [7, 11) is 0. The predicted octanol–water partition coefficient (Wildman–Crippen LogP) is 2.52. The van der Waals surface area contributed by atoms with Gasteiger partial charge >= 0.3 is 0 Å². The van der Waals surface area contributed by atoms with Crippen molar-refractivity contribution in [3.8, 4) is 0 Å².